The minimum absolute atomic E-state index is 0.000436. The topological polar surface area (TPSA) is 84.7 Å². The zero-order chi connectivity index (χ0) is 20.0. The highest BCUT2D eigenvalue weighted by atomic mass is 19.3. The van der Waals surface area contributed by atoms with Gasteiger partial charge in [0.1, 0.15) is 5.75 Å². The van der Waals surface area contributed by atoms with Gasteiger partial charge in [-0.25, -0.2) is 8.78 Å². The number of hydrogen-bond donors (Lipinski definition) is 2. The van der Waals surface area contributed by atoms with Crippen molar-refractivity contribution >= 4 is 11.8 Å². The van der Waals surface area contributed by atoms with Gasteiger partial charge in [-0.15, -0.1) is 0 Å². The number of alkyl halides is 2. The second kappa shape index (κ2) is 9.12. The van der Waals surface area contributed by atoms with Crippen LogP contribution in [0.2, 0.25) is 0 Å². The van der Waals surface area contributed by atoms with Crippen LogP contribution in [-0.2, 0) is 9.59 Å². The van der Waals surface area contributed by atoms with E-state index < -0.39 is 36.9 Å². The molecule has 0 saturated carbocycles. The third kappa shape index (κ3) is 5.15. The number of carbonyl (C=O) groups is 2. The molecule has 0 spiro atoms. The molecule has 1 aromatic carbocycles. The van der Waals surface area contributed by atoms with Gasteiger partial charge in [0.2, 0.25) is 11.8 Å². The fraction of sp³-hybridized carbons (Fsp3) is 0.579. The van der Waals surface area contributed by atoms with E-state index in [0.29, 0.717) is 12.3 Å². The van der Waals surface area contributed by atoms with Gasteiger partial charge in [0.25, 0.3) is 5.92 Å². The summed E-state index contributed by atoms with van der Waals surface area (Å²) in [5.74, 6) is -3.94. The predicted octanol–water partition coefficient (Wildman–Crippen LogP) is 2.10. The summed E-state index contributed by atoms with van der Waals surface area (Å²) in [4.78, 5) is 26.8. The maximum atomic E-state index is 13.4. The molecule has 150 valence electrons. The number of methoxy groups -OCH3 is 1. The van der Waals surface area contributed by atoms with Crippen molar-refractivity contribution in [1.82, 2.24) is 10.2 Å². The van der Waals surface area contributed by atoms with E-state index in [1.165, 1.54) is 0 Å². The Kier molecular flexibility index (Phi) is 7.12. The first kappa shape index (κ1) is 21.1. The van der Waals surface area contributed by atoms with Crippen molar-refractivity contribution in [2.45, 2.75) is 38.2 Å². The van der Waals surface area contributed by atoms with E-state index in [2.05, 4.69) is 5.32 Å². The van der Waals surface area contributed by atoms with E-state index in [0.717, 1.165) is 18.4 Å². The summed E-state index contributed by atoms with van der Waals surface area (Å²) in [6.45, 7) is 0.857. The zero-order valence-corrected chi connectivity index (χ0v) is 15.7. The molecule has 0 radical (unpaired) electrons. The molecule has 2 rings (SSSR count). The van der Waals surface area contributed by atoms with E-state index in [4.69, 9.17) is 10.5 Å². The van der Waals surface area contributed by atoms with E-state index in [9.17, 15) is 18.4 Å². The maximum absolute atomic E-state index is 13.4. The van der Waals surface area contributed by atoms with Crippen molar-refractivity contribution < 1.29 is 23.1 Å². The van der Waals surface area contributed by atoms with Crippen LogP contribution in [0, 0.1) is 5.92 Å². The number of rotatable bonds is 9. The number of carbonyl (C=O) groups excluding carboxylic acids is 2. The zero-order valence-electron chi connectivity index (χ0n) is 15.7. The van der Waals surface area contributed by atoms with E-state index in [-0.39, 0.29) is 12.3 Å². The van der Waals surface area contributed by atoms with Gasteiger partial charge in [0.05, 0.1) is 32.2 Å². The molecule has 0 aliphatic carbocycles. The number of nitrogens with two attached hydrogens (primary N) is 1. The summed E-state index contributed by atoms with van der Waals surface area (Å²) in [5.41, 5.74) is 5.80. The van der Waals surface area contributed by atoms with Gasteiger partial charge < -0.3 is 20.7 Å². The minimum Gasteiger partial charge on any atom is -0.497 e. The molecule has 1 heterocycles. The third-order valence-electron chi connectivity index (χ3n) is 4.80. The van der Waals surface area contributed by atoms with Crippen molar-refractivity contribution in [2.75, 3.05) is 26.7 Å². The van der Waals surface area contributed by atoms with Crippen LogP contribution < -0.4 is 15.8 Å². The number of ether oxygens (including phenoxy) is 1. The van der Waals surface area contributed by atoms with Gasteiger partial charge in [0.15, 0.2) is 0 Å². The van der Waals surface area contributed by atoms with Crippen molar-refractivity contribution in [3.63, 3.8) is 0 Å². The number of amides is 2. The number of nitrogens with one attached hydrogen (secondary N) is 1. The Bertz CT molecular complexity index is 652. The fourth-order valence-electron chi connectivity index (χ4n) is 3.25. The Labute approximate surface area is 158 Å². The standard InChI is InChI=1S/C19H27F2N3O3/c1-3-4-9-24-16(25)10-15(18(26)23-12-19(20,21)11-22)17(24)13-5-7-14(27-2)8-6-13/h5-8,15,17H,3-4,9-12,22H2,1-2H3,(H,23,26). The molecule has 8 heteroatoms. The normalized spacial score (nSPS) is 20.0. The number of unbranched alkanes of at least 4 members (excludes halogenated alkanes) is 1. The number of benzene rings is 1. The van der Waals surface area contributed by atoms with Crippen LogP contribution >= 0.6 is 0 Å². The number of likely N-dealkylation sites (tertiary alicyclic amines) is 1. The predicted molar refractivity (Wildman–Crippen MR) is 97.5 cm³/mol. The highest BCUT2D eigenvalue weighted by Crippen LogP contribution is 2.39. The van der Waals surface area contributed by atoms with Crippen LogP contribution in [0.1, 0.15) is 37.8 Å². The summed E-state index contributed by atoms with van der Waals surface area (Å²) < 4.78 is 31.9. The van der Waals surface area contributed by atoms with Crippen molar-refractivity contribution in [3.8, 4) is 5.75 Å². The van der Waals surface area contributed by atoms with E-state index >= 15 is 0 Å². The Morgan fingerprint density at radius 2 is 2.04 bits per heavy atom. The number of hydrogen-bond acceptors (Lipinski definition) is 4. The van der Waals surface area contributed by atoms with Crippen LogP contribution in [-0.4, -0.2) is 49.4 Å². The first-order chi connectivity index (χ1) is 12.8. The Hall–Kier alpha value is -2.22. The Morgan fingerprint density at radius 1 is 1.37 bits per heavy atom. The minimum atomic E-state index is -3.17. The summed E-state index contributed by atoms with van der Waals surface area (Å²) in [6.07, 6.45) is 1.71. The maximum Gasteiger partial charge on any atom is 0.277 e. The number of nitrogens with zero attached hydrogens (tertiary/aromatic N) is 1. The molecule has 1 aliphatic rings. The molecular formula is C19H27F2N3O3. The van der Waals surface area contributed by atoms with Crippen LogP contribution in [0.25, 0.3) is 0 Å². The molecule has 2 atom stereocenters. The Morgan fingerprint density at radius 3 is 2.59 bits per heavy atom. The molecule has 27 heavy (non-hydrogen) atoms. The highest BCUT2D eigenvalue weighted by Gasteiger charge is 2.44. The van der Waals surface area contributed by atoms with Crippen LogP contribution in [0.15, 0.2) is 24.3 Å². The average molecular weight is 383 g/mol. The molecule has 3 N–H and O–H groups in total. The smallest absolute Gasteiger partial charge is 0.277 e. The van der Waals surface area contributed by atoms with Crippen molar-refractivity contribution in [2.24, 2.45) is 11.7 Å². The monoisotopic (exact) mass is 383 g/mol. The van der Waals surface area contributed by atoms with E-state index in [1.54, 1.807) is 36.3 Å². The van der Waals surface area contributed by atoms with Crippen molar-refractivity contribution in [3.05, 3.63) is 29.8 Å². The first-order valence-electron chi connectivity index (χ1n) is 9.12. The average Bonchev–Trinajstić information content (AvgIpc) is 3.00. The molecule has 0 bridgehead atoms. The summed E-state index contributed by atoms with van der Waals surface area (Å²) >= 11 is 0. The van der Waals surface area contributed by atoms with Gasteiger partial charge >= 0.3 is 0 Å². The van der Waals surface area contributed by atoms with Gasteiger partial charge in [0, 0.05) is 13.0 Å². The van der Waals surface area contributed by atoms with Crippen LogP contribution in [0.3, 0.4) is 0 Å². The second-order valence-corrected chi connectivity index (χ2v) is 6.75. The summed E-state index contributed by atoms with van der Waals surface area (Å²) in [6, 6.07) is 6.63. The molecule has 6 nitrogen and oxygen atoms in total. The lowest BCUT2D eigenvalue weighted by molar-refractivity contribution is -0.129. The molecular weight excluding hydrogens is 356 g/mol. The van der Waals surface area contributed by atoms with E-state index in [1.807, 2.05) is 6.92 Å². The number of halogens is 2. The molecule has 1 aliphatic heterocycles. The summed E-state index contributed by atoms with van der Waals surface area (Å²) in [5, 5.41) is 2.26. The summed E-state index contributed by atoms with van der Waals surface area (Å²) in [7, 11) is 1.55. The quantitative estimate of drug-likeness (QED) is 0.684. The molecule has 0 aromatic heterocycles. The molecule has 2 unspecified atom stereocenters. The second-order valence-electron chi connectivity index (χ2n) is 6.75. The van der Waals surface area contributed by atoms with Gasteiger partial charge in [-0.3, -0.25) is 9.59 Å². The molecule has 1 fully saturated rings. The van der Waals surface area contributed by atoms with Gasteiger partial charge in [-0.1, -0.05) is 25.5 Å². The van der Waals surface area contributed by atoms with Gasteiger partial charge in [-0.2, -0.15) is 0 Å². The first-order valence-corrected chi connectivity index (χ1v) is 9.12. The lowest BCUT2D eigenvalue weighted by Crippen LogP contribution is -2.44. The molecule has 1 aromatic rings. The third-order valence-corrected chi connectivity index (χ3v) is 4.80. The molecule has 2 amide bonds. The lowest BCUT2D eigenvalue weighted by Gasteiger charge is -2.28. The SMILES string of the molecule is CCCCN1C(=O)CC(C(=O)NCC(F)(F)CN)C1c1ccc(OC)cc1. The molecule has 1 saturated heterocycles. The fourth-order valence-corrected chi connectivity index (χ4v) is 3.25. The van der Waals surface area contributed by atoms with Gasteiger partial charge in [-0.05, 0) is 24.1 Å². The Balaban J connectivity index is 2.24. The van der Waals surface area contributed by atoms with Crippen LogP contribution in [0.5, 0.6) is 5.75 Å². The lowest BCUT2D eigenvalue weighted by atomic mass is 9.92. The highest BCUT2D eigenvalue weighted by molar-refractivity contribution is 5.90. The van der Waals surface area contributed by atoms with Crippen LogP contribution in [0.4, 0.5) is 8.78 Å². The largest absolute Gasteiger partial charge is 0.497 e. The van der Waals surface area contributed by atoms with Crippen molar-refractivity contribution in [1.29, 1.82) is 0 Å².